The van der Waals surface area contributed by atoms with Crippen molar-refractivity contribution in [3.05, 3.63) is 0 Å². The Morgan fingerprint density at radius 2 is 1.60 bits per heavy atom. The lowest BCUT2D eigenvalue weighted by Crippen LogP contribution is -2.42. The largest absolute Gasteiger partial charge is 0.401 e. The SMILES string of the molecule is CCC(=O)N1CCCN(C(=O)CNCC(F)(F)F)CC1. The predicted molar refractivity (Wildman–Crippen MR) is 67.0 cm³/mol. The number of carbonyl (C=O) groups excluding carboxylic acids is 2. The quantitative estimate of drug-likeness (QED) is 0.827. The van der Waals surface area contributed by atoms with Crippen LogP contribution in [0.5, 0.6) is 0 Å². The predicted octanol–water partition coefficient (Wildman–Crippen LogP) is 0.609. The molecule has 0 unspecified atom stereocenters. The fraction of sp³-hybridized carbons (Fsp3) is 0.833. The molecule has 0 radical (unpaired) electrons. The first-order valence-electron chi connectivity index (χ1n) is 6.66. The first kappa shape index (κ1) is 16.7. The maximum Gasteiger partial charge on any atom is 0.401 e. The fourth-order valence-corrected chi connectivity index (χ4v) is 2.06. The summed E-state index contributed by atoms with van der Waals surface area (Å²) in [5, 5.41) is 2.09. The lowest BCUT2D eigenvalue weighted by atomic mass is 10.3. The molecule has 1 rings (SSSR count). The number of alkyl halides is 3. The van der Waals surface area contributed by atoms with Crippen LogP contribution in [0.3, 0.4) is 0 Å². The summed E-state index contributed by atoms with van der Waals surface area (Å²) in [6.45, 7) is 2.15. The molecular formula is C12H20F3N3O2. The molecule has 0 aromatic carbocycles. The summed E-state index contributed by atoms with van der Waals surface area (Å²) in [7, 11) is 0. The molecule has 116 valence electrons. The normalized spacial score (nSPS) is 17.0. The van der Waals surface area contributed by atoms with Gasteiger partial charge in [-0.25, -0.2) is 0 Å². The Kier molecular flexibility index (Phi) is 6.25. The van der Waals surface area contributed by atoms with Crippen LogP contribution in [0.4, 0.5) is 13.2 Å². The van der Waals surface area contributed by atoms with Crippen molar-refractivity contribution in [3.8, 4) is 0 Å². The van der Waals surface area contributed by atoms with Crippen molar-refractivity contribution < 1.29 is 22.8 Å². The Morgan fingerprint density at radius 3 is 2.10 bits per heavy atom. The van der Waals surface area contributed by atoms with E-state index in [2.05, 4.69) is 5.32 Å². The van der Waals surface area contributed by atoms with E-state index in [-0.39, 0.29) is 18.4 Å². The van der Waals surface area contributed by atoms with Gasteiger partial charge in [0, 0.05) is 32.6 Å². The van der Waals surface area contributed by atoms with Gasteiger partial charge in [0.25, 0.3) is 0 Å². The highest BCUT2D eigenvalue weighted by atomic mass is 19.4. The smallest absolute Gasteiger partial charge is 0.341 e. The fourth-order valence-electron chi connectivity index (χ4n) is 2.06. The monoisotopic (exact) mass is 295 g/mol. The Balaban J connectivity index is 2.37. The molecule has 1 saturated heterocycles. The van der Waals surface area contributed by atoms with Crippen LogP contribution in [-0.4, -0.2) is 67.1 Å². The number of carbonyl (C=O) groups is 2. The third-order valence-electron chi connectivity index (χ3n) is 3.11. The second-order valence-electron chi connectivity index (χ2n) is 4.69. The van der Waals surface area contributed by atoms with E-state index in [9.17, 15) is 22.8 Å². The molecule has 5 nitrogen and oxygen atoms in total. The van der Waals surface area contributed by atoms with Crippen LogP contribution in [0, 0.1) is 0 Å². The number of nitrogens with one attached hydrogen (secondary N) is 1. The van der Waals surface area contributed by atoms with Crippen molar-refractivity contribution in [2.75, 3.05) is 39.3 Å². The van der Waals surface area contributed by atoms with Crippen molar-refractivity contribution in [1.29, 1.82) is 0 Å². The number of amides is 2. The summed E-state index contributed by atoms with van der Waals surface area (Å²) in [5.41, 5.74) is 0. The van der Waals surface area contributed by atoms with Crippen LogP contribution in [0.25, 0.3) is 0 Å². The van der Waals surface area contributed by atoms with E-state index in [0.717, 1.165) is 0 Å². The van der Waals surface area contributed by atoms with Gasteiger partial charge in [0.1, 0.15) is 0 Å². The highest BCUT2D eigenvalue weighted by molar-refractivity contribution is 5.79. The molecule has 1 heterocycles. The Hall–Kier alpha value is -1.31. The maximum absolute atomic E-state index is 12.0. The molecule has 8 heteroatoms. The summed E-state index contributed by atoms with van der Waals surface area (Å²) in [5.74, 6) is -0.324. The minimum atomic E-state index is -4.32. The Bertz CT molecular complexity index is 347. The van der Waals surface area contributed by atoms with Crippen LogP contribution >= 0.6 is 0 Å². The minimum Gasteiger partial charge on any atom is -0.341 e. The lowest BCUT2D eigenvalue weighted by Gasteiger charge is -2.22. The third kappa shape index (κ3) is 5.77. The zero-order valence-electron chi connectivity index (χ0n) is 11.5. The molecule has 0 saturated carbocycles. The van der Waals surface area contributed by atoms with Crippen LogP contribution < -0.4 is 5.32 Å². The lowest BCUT2D eigenvalue weighted by molar-refractivity contribution is -0.135. The Morgan fingerprint density at radius 1 is 1.05 bits per heavy atom. The van der Waals surface area contributed by atoms with E-state index < -0.39 is 12.7 Å². The molecule has 2 amide bonds. The van der Waals surface area contributed by atoms with E-state index in [1.54, 1.807) is 11.8 Å². The van der Waals surface area contributed by atoms with Gasteiger partial charge in [-0.1, -0.05) is 6.92 Å². The van der Waals surface area contributed by atoms with Crippen molar-refractivity contribution >= 4 is 11.8 Å². The molecule has 0 atom stereocenters. The Labute approximate surface area is 116 Å². The summed E-state index contributed by atoms with van der Waals surface area (Å²) in [4.78, 5) is 26.5. The minimum absolute atomic E-state index is 0.0366. The highest BCUT2D eigenvalue weighted by Crippen LogP contribution is 2.12. The third-order valence-corrected chi connectivity index (χ3v) is 3.11. The first-order valence-corrected chi connectivity index (χ1v) is 6.66. The van der Waals surface area contributed by atoms with E-state index in [4.69, 9.17) is 0 Å². The molecule has 0 bridgehead atoms. The van der Waals surface area contributed by atoms with Gasteiger partial charge in [0.15, 0.2) is 0 Å². The zero-order valence-corrected chi connectivity index (χ0v) is 11.5. The van der Waals surface area contributed by atoms with Crippen molar-refractivity contribution in [3.63, 3.8) is 0 Å². The van der Waals surface area contributed by atoms with Gasteiger partial charge in [0.2, 0.25) is 11.8 Å². The molecular weight excluding hydrogens is 275 g/mol. The van der Waals surface area contributed by atoms with Gasteiger partial charge in [-0.05, 0) is 6.42 Å². The summed E-state index contributed by atoms with van der Waals surface area (Å²) in [6, 6.07) is 0. The van der Waals surface area contributed by atoms with Crippen molar-refractivity contribution in [2.24, 2.45) is 0 Å². The van der Waals surface area contributed by atoms with Crippen LogP contribution in [0.2, 0.25) is 0 Å². The molecule has 0 aromatic rings. The maximum atomic E-state index is 12.0. The average Bonchev–Trinajstić information content (AvgIpc) is 2.62. The zero-order chi connectivity index (χ0) is 15.2. The first-order chi connectivity index (χ1) is 9.33. The molecule has 1 aliphatic heterocycles. The molecule has 1 fully saturated rings. The van der Waals surface area contributed by atoms with E-state index in [1.807, 2.05) is 0 Å². The molecule has 20 heavy (non-hydrogen) atoms. The van der Waals surface area contributed by atoms with Crippen LogP contribution in [0.1, 0.15) is 19.8 Å². The number of hydrogen-bond acceptors (Lipinski definition) is 3. The molecule has 0 aromatic heterocycles. The number of rotatable bonds is 4. The van der Waals surface area contributed by atoms with Gasteiger partial charge in [0.05, 0.1) is 13.1 Å². The summed E-state index contributed by atoms with van der Waals surface area (Å²) >= 11 is 0. The second kappa shape index (κ2) is 7.47. The molecule has 1 aliphatic rings. The number of nitrogens with zero attached hydrogens (tertiary/aromatic N) is 2. The van der Waals surface area contributed by atoms with E-state index in [0.29, 0.717) is 39.0 Å². The molecule has 0 spiro atoms. The number of halogens is 3. The highest BCUT2D eigenvalue weighted by Gasteiger charge is 2.27. The van der Waals surface area contributed by atoms with Crippen LogP contribution in [0.15, 0.2) is 0 Å². The number of hydrogen-bond donors (Lipinski definition) is 1. The topological polar surface area (TPSA) is 52.7 Å². The van der Waals surface area contributed by atoms with Gasteiger partial charge in [-0.2, -0.15) is 13.2 Å². The average molecular weight is 295 g/mol. The molecule has 1 N–H and O–H groups in total. The van der Waals surface area contributed by atoms with Gasteiger partial charge < -0.3 is 15.1 Å². The summed E-state index contributed by atoms with van der Waals surface area (Å²) in [6.07, 6.45) is -3.25. The van der Waals surface area contributed by atoms with Crippen molar-refractivity contribution in [1.82, 2.24) is 15.1 Å². The van der Waals surface area contributed by atoms with E-state index in [1.165, 1.54) is 4.90 Å². The van der Waals surface area contributed by atoms with Gasteiger partial charge >= 0.3 is 6.18 Å². The van der Waals surface area contributed by atoms with Crippen molar-refractivity contribution in [2.45, 2.75) is 25.9 Å². The second-order valence-corrected chi connectivity index (χ2v) is 4.69. The van der Waals surface area contributed by atoms with Crippen LogP contribution in [-0.2, 0) is 9.59 Å². The van der Waals surface area contributed by atoms with E-state index >= 15 is 0 Å². The van der Waals surface area contributed by atoms with Gasteiger partial charge in [-0.3, -0.25) is 9.59 Å². The summed E-state index contributed by atoms with van der Waals surface area (Å²) < 4.78 is 35.9. The van der Waals surface area contributed by atoms with Gasteiger partial charge in [-0.15, -0.1) is 0 Å². The molecule has 0 aliphatic carbocycles. The standard InChI is InChI=1S/C12H20F3N3O2/c1-2-10(19)17-4-3-5-18(7-6-17)11(20)8-16-9-12(13,14)15/h16H,2-9H2,1H3.